The second-order valence-electron chi connectivity index (χ2n) is 4.45. The van der Waals surface area contributed by atoms with Crippen LogP contribution in [0.25, 0.3) is 0 Å². The molecule has 0 N–H and O–H groups in total. The highest BCUT2D eigenvalue weighted by Crippen LogP contribution is 2.33. The summed E-state index contributed by atoms with van der Waals surface area (Å²) in [6.07, 6.45) is -5.18. The van der Waals surface area contributed by atoms with Crippen molar-refractivity contribution in [2.75, 3.05) is 13.2 Å². The highest BCUT2D eigenvalue weighted by atomic mass is 19.4. The van der Waals surface area contributed by atoms with Gasteiger partial charge >= 0.3 is 6.18 Å². The molecule has 1 aliphatic rings. The Labute approximate surface area is 114 Å². The summed E-state index contributed by atoms with van der Waals surface area (Å²) in [5.74, 6) is 0. The van der Waals surface area contributed by atoms with Crippen LogP contribution in [0.5, 0.6) is 0 Å². The van der Waals surface area contributed by atoms with Gasteiger partial charge in [0, 0.05) is 13.1 Å². The maximum absolute atomic E-state index is 12.9. The number of halogens is 3. The van der Waals surface area contributed by atoms with E-state index >= 15 is 0 Å². The van der Waals surface area contributed by atoms with Crippen LogP contribution in [0.4, 0.5) is 13.2 Å². The van der Waals surface area contributed by atoms with Crippen LogP contribution in [0.3, 0.4) is 0 Å². The maximum Gasteiger partial charge on any atom is 0.416 e. The quantitative estimate of drug-likeness (QED) is 0.836. The Hall–Kier alpha value is -2.00. The number of alkyl halides is 3. The first-order chi connectivity index (χ1) is 9.43. The molecule has 2 rings (SSSR count). The molecule has 1 aliphatic heterocycles. The van der Waals surface area contributed by atoms with Gasteiger partial charge in [-0.2, -0.15) is 18.4 Å². The summed E-state index contributed by atoms with van der Waals surface area (Å²) in [6.45, 7) is 4.52. The molecular weight excluding hydrogens is 269 g/mol. The molecule has 0 aliphatic carbocycles. The van der Waals surface area contributed by atoms with Gasteiger partial charge in [-0.25, -0.2) is 0 Å². The molecule has 0 bridgehead atoms. The predicted octanol–water partition coefficient (Wildman–Crippen LogP) is 2.94. The minimum Gasteiger partial charge on any atom is -0.366 e. The van der Waals surface area contributed by atoms with Crippen molar-refractivity contribution in [3.63, 3.8) is 0 Å². The monoisotopic (exact) mass is 282 g/mol. The van der Waals surface area contributed by atoms with Crippen molar-refractivity contribution in [3.05, 3.63) is 47.7 Å². The van der Waals surface area contributed by atoms with Gasteiger partial charge in [-0.05, 0) is 11.6 Å². The largest absolute Gasteiger partial charge is 0.416 e. The topological polar surface area (TPSA) is 36.3 Å². The van der Waals surface area contributed by atoms with Gasteiger partial charge in [-0.1, -0.05) is 24.8 Å². The van der Waals surface area contributed by atoms with Gasteiger partial charge < -0.3 is 9.64 Å². The predicted molar refractivity (Wildman–Crippen MR) is 66.3 cm³/mol. The Balaban J connectivity index is 2.23. The molecule has 0 aromatic heterocycles. The molecule has 0 saturated carbocycles. The number of ether oxygens (including phenoxy) is 1. The molecular formula is C14H13F3N2O. The number of hydrogen-bond donors (Lipinski definition) is 0. The third kappa shape index (κ3) is 2.94. The third-order valence-corrected chi connectivity index (χ3v) is 3.16. The van der Waals surface area contributed by atoms with Gasteiger partial charge in [-0.15, -0.1) is 0 Å². The average Bonchev–Trinajstić information content (AvgIpc) is 2.40. The summed E-state index contributed by atoms with van der Waals surface area (Å²) in [6, 6.07) is 7.35. The number of morpholine rings is 1. The molecule has 0 spiro atoms. The van der Waals surface area contributed by atoms with Gasteiger partial charge in [0.05, 0.1) is 17.9 Å². The van der Waals surface area contributed by atoms with Crippen LogP contribution < -0.4 is 0 Å². The molecule has 1 heterocycles. The highest BCUT2D eigenvalue weighted by Gasteiger charge is 2.34. The van der Waals surface area contributed by atoms with Crippen LogP contribution in [-0.2, 0) is 17.5 Å². The van der Waals surface area contributed by atoms with Crippen LogP contribution in [0, 0.1) is 11.3 Å². The Morgan fingerprint density at radius 2 is 2.10 bits per heavy atom. The van der Waals surface area contributed by atoms with E-state index in [-0.39, 0.29) is 12.1 Å². The number of nitriles is 1. The van der Waals surface area contributed by atoms with Crippen LogP contribution >= 0.6 is 0 Å². The lowest BCUT2D eigenvalue weighted by Gasteiger charge is -2.34. The summed E-state index contributed by atoms with van der Waals surface area (Å²) in [7, 11) is 0. The molecule has 1 aromatic carbocycles. The van der Waals surface area contributed by atoms with Crippen molar-refractivity contribution >= 4 is 0 Å². The van der Waals surface area contributed by atoms with E-state index in [1.54, 1.807) is 11.0 Å². The van der Waals surface area contributed by atoms with E-state index in [0.29, 0.717) is 18.8 Å². The molecule has 0 radical (unpaired) electrons. The lowest BCUT2D eigenvalue weighted by molar-refractivity contribution is -0.138. The lowest BCUT2D eigenvalue weighted by atomic mass is 10.1. The molecule has 20 heavy (non-hydrogen) atoms. The van der Waals surface area contributed by atoms with Crippen LogP contribution in [0.15, 0.2) is 36.5 Å². The molecule has 1 aromatic rings. The zero-order valence-corrected chi connectivity index (χ0v) is 10.7. The normalized spacial score (nSPS) is 19.8. The molecule has 0 amide bonds. The Kier molecular flexibility index (Phi) is 4.00. The van der Waals surface area contributed by atoms with Gasteiger partial charge in [0.15, 0.2) is 6.10 Å². The zero-order valence-electron chi connectivity index (χ0n) is 10.7. The Bertz CT molecular complexity index is 548. The van der Waals surface area contributed by atoms with Gasteiger partial charge in [0.2, 0.25) is 0 Å². The van der Waals surface area contributed by atoms with E-state index in [4.69, 9.17) is 10.00 Å². The first kappa shape index (κ1) is 14.4. The van der Waals surface area contributed by atoms with Crippen molar-refractivity contribution in [2.24, 2.45) is 0 Å². The third-order valence-electron chi connectivity index (χ3n) is 3.16. The number of nitrogens with zero attached hydrogens (tertiary/aromatic N) is 2. The summed E-state index contributed by atoms with van der Waals surface area (Å²) in [5.41, 5.74) is -0.0942. The van der Waals surface area contributed by atoms with E-state index in [1.807, 2.05) is 6.07 Å². The van der Waals surface area contributed by atoms with E-state index in [0.717, 1.165) is 6.07 Å². The van der Waals surface area contributed by atoms with Crippen molar-refractivity contribution < 1.29 is 17.9 Å². The first-order valence-electron chi connectivity index (χ1n) is 6.03. The lowest BCUT2D eigenvalue weighted by Crippen LogP contribution is -2.39. The second kappa shape index (κ2) is 5.55. The summed E-state index contributed by atoms with van der Waals surface area (Å²) in [5, 5.41) is 8.89. The number of hydrogen-bond acceptors (Lipinski definition) is 3. The average molecular weight is 282 g/mol. The fourth-order valence-electron chi connectivity index (χ4n) is 2.12. The summed E-state index contributed by atoms with van der Waals surface area (Å²) >= 11 is 0. The molecule has 106 valence electrons. The zero-order chi connectivity index (χ0) is 14.8. The molecule has 0 unspecified atom stereocenters. The van der Waals surface area contributed by atoms with Crippen LogP contribution in [-0.4, -0.2) is 24.2 Å². The smallest absolute Gasteiger partial charge is 0.366 e. The van der Waals surface area contributed by atoms with E-state index < -0.39 is 17.8 Å². The maximum atomic E-state index is 12.9. The van der Waals surface area contributed by atoms with Gasteiger partial charge in [-0.3, -0.25) is 0 Å². The molecule has 1 atom stereocenters. The van der Waals surface area contributed by atoms with Crippen molar-refractivity contribution in [1.29, 1.82) is 5.26 Å². The number of benzene rings is 1. The van der Waals surface area contributed by atoms with Gasteiger partial charge in [0.1, 0.15) is 6.07 Å². The fourth-order valence-corrected chi connectivity index (χ4v) is 2.12. The van der Waals surface area contributed by atoms with Crippen molar-refractivity contribution in [1.82, 2.24) is 4.90 Å². The van der Waals surface area contributed by atoms with E-state index in [1.165, 1.54) is 12.1 Å². The van der Waals surface area contributed by atoms with E-state index in [2.05, 4.69) is 6.58 Å². The van der Waals surface area contributed by atoms with Crippen LogP contribution in [0.2, 0.25) is 0 Å². The molecule has 1 saturated heterocycles. The Morgan fingerprint density at radius 3 is 2.75 bits per heavy atom. The molecule has 1 fully saturated rings. The first-order valence-corrected chi connectivity index (χ1v) is 6.03. The summed E-state index contributed by atoms with van der Waals surface area (Å²) in [4.78, 5) is 1.65. The minimum atomic E-state index is -4.39. The van der Waals surface area contributed by atoms with Crippen LogP contribution in [0.1, 0.15) is 11.1 Å². The highest BCUT2D eigenvalue weighted by molar-refractivity contribution is 5.30. The molecule has 3 nitrogen and oxygen atoms in total. The standard InChI is InChI=1S/C14H13F3N2O/c1-10-13(8-18)20-7-6-19(10)9-11-4-2-3-5-12(11)14(15,16)17/h2-5,13H,1,6-7,9H2/t13-/m0/s1. The Morgan fingerprint density at radius 1 is 1.40 bits per heavy atom. The van der Waals surface area contributed by atoms with Crippen molar-refractivity contribution in [3.8, 4) is 6.07 Å². The molecule has 6 heteroatoms. The van der Waals surface area contributed by atoms with Gasteiger partial charge in [0.25, 0.3) is 0 Å². The number of rotatable bonds is 2. The second-order valence-corrected chi connectivity index (χ2v) is 4.45. The van der Waals surface area contributed by atoms with Crippen molar-refractivity contribution in [2.45, 2.75) is 18.8 Å². The summed E-state index contributed by atoms with van der Waals surface area (Å²) < 4.78 is 44.0. The SMILES string of the molecule is C=C1[C@H](C#N)OCCN1Cc1ccccc1C(F)(F)F. The fraction of sp³-hybridized carbons (Fsp3) is 0.357. The van der Waals surface area contributed by atoms with E-state index in [9.17, 15) is 13.2 Å². The minimum absolute atomic E-state index is 0.0655.